The number of carbonyl (C=O) groups excluding carboxylic acids is 1. The van der Waals surface area contributed by atoms with E-state index < -0.39 is 27.5 Å². The van der Waals surface area contributed by atoms with Crippen molar-refractivity contribution in [3.8, 4) is 0 Å². The lowest BCUT2D eigenvalue weighted by Gasteiger charge is -2.07. The van der Waals surface area contributed by atoms with E-state index in [0.717, 1.165) is 6.07 Å². The Balaban J connectivity index is 2.05. The van der Waals surface area contributed by atoms with Crippen molar-refractivity contribution in [3.05, 3.63) is 34.6 Å². The van der Waals surface area contributed by atoms with Crippen molar-refractivity contribution < 1.29 is 17.6 Å². The summed E-state index contributed by atoms with van der Waals surface area (Å²) in [6, 6.07) is 3.86. The van der Waals surface area contributed by atoms with Gasteiger partial charge in [-0.3, -0.25) is 4.79 Å². The lowest BCUT2D eigenvalue weighted by Crippen LogP contribution is -2.28. The topological polar surface area (TPSA) is 75.6 Å². The predicted molar refractivity (Wildman–Crippen MR) is 78.5 cm³/mol. The third kappa shape index (κ3) is 4.01. The highest BCUT2D eigenvalue weighted by Gasteiger charge is 2.32. The van der Waals surface area contributed by atoms with Crippen LogP contribution in [0.2, 0.25) is 5.02 Å². The van der Waals surface area contributed by atoms with Crippen LogP contribution in [0, 0.1) is 11.7 Å². The fraction of sp³-hybridized carbons (Fsp3) is 0.385. The minimum atomic E-state index is -3.11. The van der Waals surface area contributed by atoms with E-state index in [2.05, 4.69) is 10.5 Å². The van der Waals surface area contributed by atoms with Crippen molar-refractivity contribution in [2.24, 2.45) is 11.0 Å². The second kappa shape index (κ2) is 6.11. The monoisotopic (exact) mass is 332 g/mol. The van der Waals surface area contributed by atoms with E-state index in [1.165, 1.54) is 12.1 Å². The van der Waals surface area contributed by atoms with Crippen LogP contribution in [0.5, 0.6) is 0 Å². The first kappa shape index (κ1) is 15.9. The van der Waals surface area contributed by atoms with Gasteiger partial charge in [0.1, 0.15) is 5.82 Å². The Bertz CT molecular complexity index is 703. The van der Waals surface area contributed by atoms with Crippen molar-refractivity contribution in [2.45, 2.75) is 13.3 Å². The first-order chi connectivity index (χ1) is 9.78. The zero-order valence-electron chi connectivity index (χ0n) is 11.3. The van der Waals surface area contributed by atoms with Crippen LogP contribution in [0.3, 0.4) is 0 Å². The van der Waals surface area contributed by atoms with Crippen molar-refractivity contribution in [2.75, 3.05) is 11.5 Å². The Morgan fingerprint density at radius 1 is 1.48 bits per heavy atom. The normalized spacial score (nSPS) is 21.3. The van der Waals surface area contributed by atoms with Crippen LogP contribution in [0.4, 0.5) is 4.39 Å². The molecule has 8 heteroatoms. The van der Waals surface area contributed by atoms with Crippen LogP contribution in [0.25, 0.3) is 0 Å². The number of rotatable bonds is 3. The molecule has 1 aliphatic rings. The summed E-state index contributed by atoms with van der Waals surface area (Å²) < 4.78 is 35.6. The first-order valence-corrected chi connectivity index (χ1v) is 8.48. The van der Waals surface area contributed by atoms with Crippen molar-refractivity contribution in [1.29, 1.82) is 0 Å². The molecule has 2 rings (SSSR count). The molecule has 1 aliphatic heterocycles. The fourth-order valence-corrected chi connectivity index (χ4v) is 4.12. The Morgan fingerprint density at radius 3 is 2.76 bits per heavy atom. The number of hydrogen-bond acceptors (Lipinski definition) is 4. The third-order valence-electron chi connectivity index (χ3n) is 3.26. The number of halogens is 2. The van der Waals surface area contributed by atoms with E-state index >= 15 is 0 Å². The number of benzene rings is 1. The van der Waals surface area contributed by atoms with Crippen LogP contribution in [0.1, 0.15) is 18.9 Å². The summed E-state index contributed by atoms with van der Waals surface area (Å²) in [5.41, 5.74) is 3.24. The highest BCUT2D eigenvalue weighted by atomic mass is 35.5. The van der Waals surface area contributed by atoms with E-state index in [-0.39, 0.29) is 16.5 Å². The van der Waals surface area contributed by atoms with Gasteiger partial charge in [-0.05, 0) is 31.5 Å². The number of amides is 1. The molecule has 1 fully saturated rings. The molecule has 1 amide bonds. The van der Waals surface area contributed by atoms with Crippen LogP contribution < -0.4 is 5.43 Å². The molecule has 1 atom stereocenters. The number of nitrogens with one attached hydrogen (secondary N) is 1. The molecule has 0 saturated carbocycles. The fourth-order valence-electron chi connectivity index (χ4n) is 2.08. The highest BCUT2D eigenvalue weighted by Crippen LogP contribution is 2.19. The smallest absolute Gasteiger partial charge is 0.244 e. The van der Waals surface area contributed by atoms with Gasteiger partial charge >= 0.3 is 0 Å². The summed E-state index contributed by atoms with van der Waals surface area (Å²) in [5.74, 6) is -1.59. The molecule has 1 saturated heterocycles. The van der Waals surface area contributed by atoms with Gasteiger partial charge in [0.15, 0.2) is 9.84 Å². The molecule has 5 nitrogen and oxygen atoms in total. The molecule has 0 bridgehead atoms. The van der Waals surface area contributed by atoms with Gasteiger partial charge in [-0.2, -0.15) is 5.10 Å². The molecule has 1 aromatic carbocycles. The molecular formula is C13H14ClFN2O3S. The zero-order chi connectivity index (χ0) is 15.6. The number of hydrogen-bond donors (Lipinski definition) is 1. The maximum absolute atomic E-state index is 13.0. The average Bonchev–Trinajstić information content (AvgIpc) is 2.76. The van der Waals surface area contributed by atoms with Gasteiger partial charge in [-0.1, -0.05) is 11.6 Å². The second-order valence-electron chi connectivity index (χ2n) is 4.90. The van der Waals surface area contributed by atoms with Crippen LogP contribution >= 0.6 is 11.6 Å². The summed E-state index contributed by atoms with van der Waals surface area (Å²) in [6.07, 6.45) is 0.306. The largest absolute Gasteiger partial charge is 0.273 e. The Hall–Kier alpha value is -1.47. The maximum Gasteiger partial charge on any atom is 0.244 e. The summed E-state index contributed by atoms with van der Waals surface area (Å²) in [6.45, 7) is 1.62. The standard InChI is InChI=1S/C13H14ClFN2O3S/c1-8(11-3-2-10(15)6-12(11)14)16-17-13(18)9-4-5-21(19,20)7-9/h2-3,6,9H,4-5,7H2,1H3,(H,17,18)/b16-8-/t9-/m0/s1. The molecule has 114 valence electrons. The molecule has 0 unspecified atom stereocenters. The van der Waals surface area contributed by atoms with Crippen LogP contribution in [0.15, 0.2) is 23.3 Å². The molecular weight excluding hydrogens is 319 g/mol. The highest BCUT2D eigenvalue weighted by molar-refractivity contribution is 7.91. The lowest BCUT2D eigenvalue weighted by molar-refractivity contribution is -0.124. The SMILES string of the molecule is C/C(=N/NC(=O)[C@H]1CCS(=O)(=O)C1)c1ccc(F)cc1Cl. The van der Waals surface area contributed by atoms with Gasteiger partial charge in [0.25, 0.3) is 0 Å². The van der Waals surface area contributed by atoms with E-state index in [4.69, 9.17) is 11.6 Å². The molecule has 0 spiro atoms. The van der Waals surface area contributed by atoms with Crippen molar-refractivity contribution in [1.82, 2.24) is 5.43 Å². The summed E-state index contributed by atoms with van der Waals surface area (Å²) in [5, 5.41) is 4.08. The molecule has 21 heavy (non-hydrogen) atoms. The molecule has 0 aromatic heterocycles. The minimum Gasteiger partial charge on any atom is -0.273 e. The Labute approximate surface area is 127 Å². The number of carbonyl (C=O) groups is 1. The van der Waals surface area contributed by atoms with Crippen molar-refractivity contribution >= 4 is 33.1 Å². The molecule has 1 N–H and O–H groups in total. The Morgan fingerprint density at radius 2 is 2.19 bits per heavy atom. The third-order valence-corrected chi connectivity index (χ3v) is 5.34. The van der Waals surface area contributed by atoms with E-state index in [1.807, 2.05) is 0 Å². The first-order valence-electron chi connectivity index (χ1n) is 6.28. The maximum atomic E-state index is 13.0. The second-order valence-corrected chi connectivity index (χ2v) is 7.53. The molecule has 0 aliphatic carbocycles. The molecule has 0 radical (unpaired) electrons. The van der Waals surface area contributed by atoms with E-state index in [0.29, 0.717) is 17.7 Å². The number of nitrogens with zero attached hydrogens (tertiary/aromatic N) is 1. The quantitative estimate of drug-likeness (QED) is 0.677. The molecule has 1 aromatic rings. The van der Waals surface area contributed by atoms with Crippen LogP contribution in [-0.4, -0.2) is 31.5 Å². The van der Waals surface area contributed by atoms with Gasteiger partial charge < -0.3 is 0 Å². The lowest BCUT2D eigenvalue weighted by atomic mass is 10.1. The average molecular weight is 333 g/mol. The number of sulfone groups is 1. The van der Waals surface area contributed by atoms with Gasteiger partial charge in [-0.15, -0.1) is 0 Å². The summed E-state index contributed by atoms with van der Waals surface area (Å²) >= 11 is 5.89. The van der Waals surface area contributed by atoms with Gasteiger partial charge in [0.2, 0.25) is 5.91 Å². The van der Waals surface area contributed by atoms with Gasteiger partial charge in [0.05, 0.1) is 28.2 Å². The summed E-state index contributed by atoms with van der Waals surface area (Å²) in [4.78, 5) is 11.8. The molecule has 1 heterocycles. The summed E-state index contributed by atoms with van der Waals surface area (Å²) in [7, 11) is -3.11. The number of hydrazone groups is 1. The van der Waals surface area contributed by atoms with E-state index in [1.54, 1.807) is 6.92 Å². The zero-order valence-corrected chi connectivity index (χ0v) is 12.8. The predicted octanol–water partition coefficient (Wildman–Crippen LogP) is 1.75. The van der Waals surface area contributed by atoms with E-state index in [9.17, 15) is 17.6 Å². The van der Waals surface area contributed by atoms with Gasteiger partial charge in [-0.25, -0.2) is 18.2 Å². The minimum absolute atomic E-state index is 0.0254. The van der Waals surface area contributed by atoms with Gasteiger partial charge in [0, 0.05) is 5.56 Å². The Kier molecular flexibility index (Phi) is 4.63. The van der Waals surface area contributed by atoms with Crippen LogP contribution in [-0.2, 0) is 14.6 Å². The van der Waals surface area contributed by atoms with Crippen molar-refractivity contribution in [3.63, 3.8) is 0 Å².